The van der Waals surface area contributed by atoms with E-state index in [4.69, 9.17) is 9.47 Å². The van der Waals surface area contributed by atoms with Crippen LogP contribution in [0.5, 0.6) is 11.5 Å². The third-order valence-corrected chi connectivity index (χ3v) is 5.96. The van der Waals surface area contributed by atoms with Gasteiger partial charge in [0.25, 0.3) is 0 Å². The van der Waals surface area contributed by atoms with Crippen molar-refractivity contribution in [1.29, 1.82) is 0 Å². The van der Waals surface area contributed by atoms with Crippen LogP contribution in [0.15, 0.2) is 46.8 Å². The highest BCUT2D eigenvalue weighted by Crippen LogP contribution is 2.32. The SMILES string of the molecule is O=C(/C=C/c1ccc2c(c1)OCO2)Nc1nnc(SCC(=O)Nc2ccc(F)cc2F)s1. The molecule has 0 radical (unpaired) electrons. The quantitative estimate of drug-likeness (QED) is 0.303. The highest BCUT2D eigenvalue weighted by Gasteiger charge is 2.13. The molecule has 1 aliphatic rings. The molecule has 2 aromatic carbocycles. The average Bonchev–Trinajstić information content (AvgIpc) is 3.41. The zero-order chi connectivity index (χ0) is 22.5. The average molecular weight is 476 g/mol. The van der Waals surface area contributed by atoms with Gasteiger partial charge in [-0.25, -0.2) is 8.78 Å². The second-order valence-electron chi connectivity index (χ2n) is 6.27. The summed E-state index contributed by atoms with van der Waals surface area (Å²) < 4.78 is 37.5. The molecule has 0 spiro atoms. The van der Waals surface area contributed by atoms with Gasteiger partial charge < -0.3 is 14.8 Å². The summed E-state index contributed by atoms with van der Waals surface area (Å²) in [6, 6.07) is 8.18. The number of ether oxygens (including phenoxy) is 2. The summed E-state index contributed by atoms with van der Waals surface area (Å²) >= 11 is 2.15. The highest BCUT2D eigenvalue weighted by molar-refractivity contribution is 8.01. The first-order valence-electron chi connectivity index (χ1n) is 9.06. The molecule has 164 valence electrons. The van der Waals surface area contributed by atoms with Crippen LogP contribution in [0.25, 0.3) is 6.08 Å². The number of fused-ring (bicyclic) bond motifs is 1. The first-order valence-corrected chi connectivity index (χ1v) is 10.9. The molecule has 0 fully saturated rings. The van der Waals surface area contributed by atoms with E-state index in [1.165, 1.54) is 6.08 Å². The number of nitrogens with one attached hydrogen (secondary N) is 2. The number of halogens is 2. The number of rotatable bonds is 7. The minimum absolute atomic E-state index is 0.0661. The van der Waals surface area contributed by atoms with Gasteiger partial charge in [-0.2, -0.15) is 0 Å². The van der Waals surface area contributed by atoms with E-state index < -0.39 is 23.4 Å². The first-order chi connectivity index (χ1) is 15.5. The molecule has 0 saturated heterocycles. The van der Waals surface area contributed by atoms with Crippen molar-refractivity contribution < 1.29 is 27.8 Å². The van der Waals surface area contributed by atoms with Gasteiger partial charge in [0, 0.05) is 12.1 Å². The first kappa shape index (κ1) is 21.7. The molecular formula is C20H14F2N4O4S2. The number of amides is 2. The molecule has 0 bridgehead atoms. The Bertz CT molecular complexity index is 1200. The fourth-order valence-corrected chi connectivity index (χ4v) is 4.11. The van der Waals surface area contributed by atoms with Gasteiger partial charge in [0.05, 0.1) is 11.4 Å². The van der Waals surface area contributed by atoms with E-state index in [9.17, 15) is 18.4 Å². The molecule has 32 heavy (non-hydrogen) atoms. The molecule has 4 rings (SSSR count). The molecule has 8 nitrogen and oxygen atoms in total. The lowest BCUT2D eigenvalue weighted by atomic mass is 10.2. The van der Waals surface area contributed by atoms with Crippen LogP contribution in [0, 0.1) is 11.6 Å². The Hall–Kier alpha value is -3.51. The fraction of sp³-hybridized carbons (Fsp3) is 0.100. The largest absolute Gasteiger partial charge is 0.454 e. The Morgan fingerprint density at radius 3 is 2.78 bits per heavy atom. The minimum atomic E-state index is -0.863. The lowest BCUT2D eigenvalue weighted by molar-refractivity contribution is -0.114. The standard InChI is InChI=1S/C20H14F2N4O4S2/c21-12-3-4-14(13(22)8-12)23-18(28)9-31-20-26-25-19(32-20)24-17(27)6-2-11-1-5-15-16(7-11)30-10-29-15/h1-8H,9-10H2,(H,23,28)(H,24,25,27)/b6-2+. The number of hydrogen-bond donors (Lipinski definition) is 2. The number of carbonyl (C=O) groups is 2. The summed E-state index contributed by atoms with van der Waals surface area (Å²) in [6.45, 7) is 0.172. The zero-order valence-electron chi connectivity index (χ0n) is 16.1. The van der Waals surface area contributed by atoms with E-state index in [2.05, 4.69) is 20.8 Å². The van der Waals surface area contributed by atoms with E-state index in [1.54, 1.807) is 24.3 Å². The smallest absolute Gasteiger partial charge is 0.250 e. The number of anilines is 2. The van der Waals surface area contributed by atoms with Crippen molar-refractivity contribution in [1.82, 2.24) is 10.2 Å². The maximum Gasteiger partial charge on any atom is 0.250 e. The molecular weight excluding hydrogens is 462 g/mol. The number of thioether (sulfide) groups is 1. The van der Waals surface area contributed by atoms with Crippen molar-refractivity contribution in [2.24, 2.45) is 0 Å². The van der Waals surface area contributed by atoms with Crippen LogP contribution in [0.3, 0.4) is 0 Å². The molecule has 0 aliphatic carbocycles. The molecule has 0 saturated carbocycles. The van der Waals surface area contributed by atoms with Crippen LogP contribution < -0.4 is 20.1 Å². The second kappa shape index (κ2) is 9.75. The Morgan fingerprint density at radius 2 is 1.94 bits per heavy atom. The predicted octanol–water partition coefficient (Wildman–Crippen LogP) is 3.93. The van der Waals surface area contributed by atoms with Crippen LogP contribution in [0.1, 0.15) is 5.56 Å². The van der Waals surface area contributed by atoms with Crippen LogP contribution in [-0.4, -0.2) is 34.6 Å². The van der Waals surface area contributed by atoms with Crippen molar-refractivity contribution in [3.05, 3.63) is 59.7 Å². The summed E-state index contributed by atoms with van der Waals surface area (Å²) in [4.78, 5) is 24.1. The summed E-state index contributed by atoms with van der Waals surface area (Å²) in [5.41, 5.74) is 0.651. The Balaban J connectivity index is 1.26. The Labute approximate surface area is 188 Å². The van der Waals surface area contributed by atoms with Crippen molar-refractivity contribution >= 4 is 51.8 Å². The van der Waals surface area contributed by atoms with E-state index in [1.807, 2.05) is 0 Å². The maximum atomic E-state index is 13.6. The summed E-state index contributed by atoms with van der Waals surface area (Å²) in [6.07, 6.45) is 2.96. The summed E-state index contributed by atoms with van der Waals surface area (Å²) in [7, 11) is 0. The van der Waals surface area contributed by atoms with E-state index in [-0.39, 0.29) is 23.4 Å². The molecule has 1 aliphatic heterocycles. The molecule has 1 aromatic heterocycles. The minimum Gasteiger partial charge on any atom is -0.454 e. The number of carbonyl (C=O) groups excluding carboxylic acids is 2. The fourth-order valence-electron chi connectivity index (χ4n) is 2.56. The molecule has 0 atom stereocenters. The maximum absolute atomic E-state index is 13.6. The predicted molar refractivity (Wildman–Crippen MR) is 116 cm³/mol. The van der Waals surface area contributed by atoms with E-state index in [0.717, 1.165) is 40.8 Å². The summed E-state index contributed by atoms with van der Waals surface area (Å²) in [5, 5.41) is 13.0. The van der Waals surface area contributed by atoms with E-state index >= 15 is 0 Å². The van der Waals surface area contributed by atoms with Crippen LogP contribution >= 0.6 is 23.1 Å². The van der Waals surface area contributed by atoms with Crippen molar-refractivity contribution in [2.75, 3.05) is 23.2 Å². The topological polar surface area (TPSA) is 102 Å². The molecule has 2 heterocycles. The highest BCUT2D eigenvalue weighted by atomic mass is 32.2. The molecule has 2 amide bonds. The Morgan fingerprint density at radius 1 is 1.09 bits per heavy atom. The van der Waals surface area contributed by atoms with Crippen molar-refractivity contribution in [2.45, 2.75) is 4.34 Å². The van der Waals surface area contributed by atoms with Crippen LogP contribution in [0.2, 0.25) is 0 Å². The number of aromatic nitrogens is 2. The van der Waals surface area contributed by atoms with Gasteiger partial charge in [-0.15, -0.1) is 10.2 Å². The van der Waals surface area contributed by atoms with Gasteiger partial charge in [0.2, 0.25) is 23.7 Å². The van der Waals surface area contributed by atoms with Crippen LogP contribution in [0.4, 0.5) is 19.6 Å². The number of nitrogens with zero attached hydrogens (tertiary/aromatic N) is 2. The normalized spacial score (nSPS) is 12.2. The lowest BCUT2D eigenvalue weighted by Crippen LogP contribution is -2.15. The van der Waals surface area contributed by atoms with Gasteiger partial charge in [-0.1, -0.05) is 29.2 Å². The molecule has 0 unspecified atom stereocenters. The van der Waals surface area contributed by atoms with Gasteiger partial charge in [-0.3, -0.25) is 14.9 Å². The van der Waals surface area contributed by atoms with Gasteiger partial charge in [0.15, 0.2) is 15.8 Å². The Kier molecular flexibility index (Phi) is 6.61. The number of benzene rings is 2. The summed E-state index contributed by atoms with van der Waals surface area (Å²) in [5.74, 6) is -1.29. The van der Waals surface area contributed by atoms with Crippen molar-refractivity contribution in [3.8, 4) is 11.5 Å². The second-order valence-corrected chi connectivity index (χ2v) is 8.47. The van der Waals surface area contributed by atoms with Gasteiger partial charge >= 0.3 is 0 Å². The molecule has 12 heteroatoms. The van der Waals surface area contributed by atoms with Gasteiger partial charge in [0.1, 0.15) is 11.6 Å². The zero-order valence-corrected chi connectivity index (χ0v) is 17.8. The van der Waals surface area contributed by atoms with Crippen LogP contribution in [-0.2, 0) is 9.59 Å². The van der Waals surface area contributed by atoms with Crippen molar-refractivity contribution in [3.63, 3.8) is 0 Å². The number of hydrogen-bond acceptors (Lipinski definition) is 8. The van der Waals surface area contributed by atoms with Gasteiger partial charge in [-0.05, 0) is 35.9 Å². The third kappa shape index (κ3) is 5.59. The monoisotopic (exact) mass is 476 g/mol. The van der Waals surface area contributed by atoms with E-state index in [0.29, 0.717) is 21.9 Å². The molecule has 3 aromatic rings. The lowest BCUT2D eigenvalue weighted by Gasteiger charge is -2.05. The molecule has 2 N–H and O–H groups in total. The third-order valence-electron chi connectivity index (χ3n) is 3.99.